The molecule has 0 spiro atoms. The van der Waals surface area contributed by atoms with Crippen LogP contribution in [0.25, 0.3) is 6.08 Å². The lowest BCUT2D eigenvalue weighted by Crippen LogP contribution is -2.30. The van der Waals surface area contributed by atoms with E-state index >= 15 is 0 Å². The number of amides is 1. The molecule has 1 aromatic carbocycles. The van der Waals surface area contributed by atoms with Gasteiger partial charge in [-0.15, -0.1) is 0 Å². The lowest BCUT2D eigenvalue weighted by Gasteiger charge is -2.14. The number of benzene rings is 1. The fourth-order valence-corrected chi connectivity index (χ4v) is 1.88. The molecule has 0 atom stereocenters. The summed E-state index contributed by atoms with van der Waals surface area (Å²) >= 11 is 0. The van der Waals surface area contributed by atoms with Gasteiger partial charge in [-0.25, -0.2) is 0 Å². The third-order valence-corrected chi connectivity index (χ3v) is 3.01. The Hall–Kier alpha value is -2.21. The molecule has 0 aromatic heterocycles. The van der Waals surface area contributed by atoms with Crippen LogP contribution in [0.3, 0.4) is 0 Å². The maximum atomic E-state index is 11.8. The second-order valence-corrected chi connectivity index (χ2v) is 4.85. The molecule has 1 aromatic rings. The molecule has 1 rings (SSSR count). The van der Waals surface area contributed by atoms with Crippen molar-refractivity contribution in [1.82, 2.24) is 10.2 Å². The SMILES string of the molecule is COc1ccc(/C=C/C(=O)NCCN(C)C)c(OC)c1OC. The standard InChI is InChI=1S/C16H24N2O4/c1-18(2)11-10-17-14(19)9-7-12-6-8-13(20-3)16(22-5)15(12)21-4/h6-9H,10-11H2,1-5H3,(H,17,19)/b9-7+. The lowest BCUT2D eigenvalue weighted by atomic mass is 10.1. The van der Waals surface area contributed by atoms with Gasteiger partial charge >= 0.3 is 0 Å². The summed E-state index contributed by atoms with van der Waals surface area (Å²) in [6, 6.07) is 3.58. The van der Waals surface area contributed by atoms with Crippen LogP contribution in [0.15, 0.2) is 18.2 Å². The molecule has 0 unspecified atom stereocenters. The Kier molecular flexibility index (Phi) is 7.25. The molecule has 6 heteroatoms. The number of nitrogens with one attached hydrogen (secondary N) is 1. The second kappa shape index (κ2) is 8.94. The Labute approximate surface area is 131 Å². The highest BCUT2D eigenvalue weighted by Gasteiger charge is 2.14. The van der Waals surface area contributed by atoms with Gasteiger partial charge in [-0.2, -0.15) is 0 Å². The smallest absolute Gasteiger partial charge is 0.244 e. The predicted molar refractivity (Wildman–Crippen MR) is 86.7 cm³/mol. The monoisotopic (exact) mass is 308 g/mol. The van der Waals surface area contributed by atoms with Gasteiger partial charge in [0.15, 0.2) is 11.5 Å². The number of rotatable bonds is 8. The first kappa shape index (κ1) is 17.8. The van der Waals surface area contributed by atoms with Gasteiger partial charge in [0.05, 0.1) is 21.3 Å². The summed E-state index contributed by atoms with van der Waals surface area (Å²) < 4.78 is 15.9. The van der Waals surface area contributed by atoms with Gasteiger partial charge in [0, 0.05) is 24.7 Å². The normalized spacial score (nSPS) is 10.8. The zero-order valence-corrected chi connectivity index (χ0v) is 13.8. The van der Waals surface area contributed by atoms with Crippen LogP contribution in [0.4, 0.5) is 0 Å². The van der Waals surface area contributed by atoms with E-state index in [0.717, 1.165) is 12.1 Å². The van der Waals surface area contributed by atoms with E-state index in [1.807, 2.05) is 25.1 Å². The summed E-state index contributed by atoms with van der Waals surface area (Å²) in [5.41, 5.74) is 0.739. The van der Waals surface area contributed by atoms with Crippen LogP contribution < -0.4 is 19.5 Å². The lowest BCUT2D eigenvalue weighted by molar-refractivity contribution is -0.116. The number of hydrogen-bond acceptors (Lipinski definition) is 5. The van der Waals surface area contributed by atoms with E-state index in [0.29, 0.717) is 23.8 Å². The summed E-state index contributed by atoms with van der Waals surface area (Å²) in [6.07, 6.45) is 3.16. The van der Waals surface area contributed by atoms with Gasteiger partial charge in [0.2, 0.25) is 11.7 Å². The Balaban J connectivity index is 2.84. The molecule has 0 aliphatic heterocycles. The first-order valence-corrected chi connectivity index (χ1v) is 6.93. The van der Waals surface area contributed by atoms with Gasteiger partial charge in [0.25, 0.3) is 0 Å². The van der Waals surface area contributed by atoms with E-state index < -0.39 is 0 Å². The molecule has 6 nitrogen and oxygen atoms in total. The molecule has 0 saturated heterocycles. The highest BCUT2D eigenvalue weighted by molar-refractivity contribution is 5.92. The minimum Gasteiger partial charge on any atom is -0.493 e. The van der Waals surface area contributed by atoms with E-state index in [-0.39, 0.29) is 5.91 Å². The second-order valence-electron chi connectivity index (χ2n) is 4.85. The molecule has 1 amide bonds. The summed E-state index contributed by atoms with van der Waals surface area (Å²) in [7, 11) is 8.56. The number of ether oxygens (including phenoxy) is 3. The fourth-order valence-electron chi connectivity index (χ4n) is 1.88. The van der Waals surface area contributed by atoms with E-state index in [2.05, 4.69) is 5.32 Å². The highest BCUT2D eigenvalue weighted by Crippen LogP contribution is 2.40. The topological polar surface area (TPSA) is 60.0 Å². The Morgan fingerprint density at radius 3 is 2.36 bits per heavy atom. The largest absolute Gasteiger partial charge is 0.493 e. The van der Waals surface area contributed by atoms with E-state index in [9.17, 15) is 4.79 Å². The van der Waals surface area contributed by atoms with Crippen LogP contribution >= 0.6 is 0 Å². The van der Waals surface area contributed by atoms with Crippen molar-refractivity contribution < 1.29 is 19.0 Å². The summed E-state index contributed by atoms with van der Waals surface area (Å²) in [5, 5.41) is 2.81. The molecule has 122 valence electrons. The Morgan fingerprint density at radius 1 is 1.14 bits per heavy atom. The van der Waals surface area contributed by atoms with Crippen LogP contribution in [0.5, 0.6) is 17.2 Å². The van der Waals surface area contributed by atoms with E-state index in [4.69, 9.17) is 14.2 Å². The first-order valence-electron chi connectivity index (χ1n) is 6.93. The fraction of sp³-hybridized carbons (Fsp3) is 0.438. The van der Waals surface area contributed by atoms with Gasteiger partial charge in [0.1, 0.15) is 0 Å². The summed E-state index contributed by atoms with van der Waals surface area (Å²) in [5.74, 6) is 1.45. The predicted octanol–water partition coefficient (Wildman–Crippen LogP) is 1.40. The minimum atomic E-state index is -0.154. The van der Waals surface area contributed by atoms with Crippen molar-refractivity contribution in [3.63, 3.8) is 0 Å². The van der Waals surface area contributed by atoms with Crippen molar-refractivity contribution in [3.8, 4) is 17.2 Å². The third-order valence-electron chi connectivity index (χ3n) is 3.01. The van der Waals surface area contributed by atoms with Crippen molar-refractivity contribution in [3.05, 3.63) is 23.8 Å². The number of likely N-dealkylation sites (N-methyl/N-ethyl adjacent to an activating group) is 1. The van der Waals surface area contributed by atoms with Crippen molar-refractivity contribution >= 4 is 12.0 Å². The highest BCUT2D eigenvalue weighted by atomic mass is 16.5. The number of nitrogens with zero attached hydrogens (tertiary/aromatic N) is 1. The first-order chi connectivity index (χ1) is 10.5. The van der Waals surface area contributed by atoms with Crippen molar-refractivity contribution in [2.45, 2.75) is 0 Å². The van der Waals surface area contributed by atoms with Gasteiger partial charge in [-0.3, -0.25) is 4.79 Å². The third kappa shape index (κ3) is 4.96. The van der Waals surface area contributed by atoms with Crippen LogP contribution in [0, 0.1) is 0 Å². The van der Waals surface area contributed by atoms with Crippen LogP contribution in [-0.2, 0) is 4.79 Å². The zero-order chi connectivity index (χ0) is 16.5. The number of carbonyl (C=O) groups is 1. The molecule has 0 aliphatic carbocycles. The molecular formula is C16H24N2O4. The van der Waals surface area contributed by atoms with Gasteiger partial charge in [-0.05, 0) is 32.3 Å². The van der Waals surface area contributed by atoms with Gasteiger partial charge < -0.3 is 24.4 Å². The molecule has 0 bridgehead atoms. The Bertz CT molecular complexity index is 527. The molecule has 0 heterocycles. The Morgan fingerprint density at radius 2 is 1.82 bits per heavy atom. The molecule has 0 aliphatic rings. The molecule has 0 radical (unpaired) electrons. The number of hydrogen-bond donors (Lipinski definition) is 1. The maximum absolute atomic E-state index is 11.8. The number of carbonyl (C=O) groups excluding carboxylic acids is 1. The van der Waals surface area contributed by atoms with Crippen LogP contribution in [0.1, 0.15) is 5.56 Å². The average Bonchev–Trinajstić information content (AvgIpc) is 2.51. The molecular weight excluding hydrogens is 284 g/mol. The van der Waals surface area contributed by atoms with Crippen LogP contribution in [-0.4, -0.2) is 59.3 Å². The minimum absolute atomic E-state index is 0.154. The zero-order valence-electron chi connectivity index (χ0n) is 13.8. The van der Waals surface area contributed by atoms with Crippen molar-refractivity contribution in [2.75, 3.05) is 48.5 Å². The average molecular weight is 308 g/mol. The van der Waals surface area contributed by atoms with Crippen molar-refractivity contribution in [1.29, 1.82) is 0 Å². The molecule has 22 heavy (non-hydrogen) atoms. The van der Waals surface area contributed by atoms with E-state index in [1.165, 1.54) is 6.08 Å². The summed E-state index contributed by atoms with van der Waals surface area (Å²) in [6.45, 7) is 1.39. The molecule has 1 N–H and O–H groups in total. The quantitative estimate of drug-likeness (QED) is 0.736. The maximum Gasteiger partial charge on any atom is 0.244 e. The molecule has 0 fully saturated rings. The summed E-state index contributed by atoms with van der Waals surface area (Å²) in [4.78, 5) is 13.8. The van der Waals surface area contributed by atoms with Gasteiger partial charge in [-0.1, -0.05) is 0 Å². The van der Waals surface area contributed by atoms with E-state index in [1.54, 1.807) is 33.5 Å². The number of methoxy groups -OCH3 is 3. The van der Waals surface area contributed by atoms with Crippen LogP contribution in [0.2, 0.25) is 0 Å². The molecule has 0 saturated carbocycles. The van der Waals surface area contributed by atoms with Crippen molar-refractivity contribution in [2.24, 2.45) is 0 Å².